The molecule has 1 N–H and O–H groups in total. The Hall–Kier alpha value is -1.59. The first-order valence-electron chi connectivity index (χ1n) is 6.57. The van der Waals surface area contributed by atoms with Crippen molar-refractivity contribution in [1.29, 1.82) is 0 Å². The smallest absolute Gasteiger partial charge is 0.291 e. The van der Waals surface area contributed by atoms with Crippen LogP contribution in [0.3, 0.4) is 0 Å². The third-order valence-corrected chi connectivity index (χ3v) is 3.67. The van der Waals surface area contributed by atoms with Crippen molar-refractivity contribution in [2.24, 2.45) is 0 Å². The molecule has 0 saturated heterocycles. The summed E-state index contributed by atoms with van der Waals surface area (Å²) < 4.78 is 2.92. The molecule has 0 bridgehead atoms. The van der Waals surface area contributed by atoms with Gasteiger partial charge < -0.3 is 4.57 Å². The maximum Gasteiger partial charge on any atom is 0.291 e. The number of benzene rings is 1. The summed E-state index contributed by atoms with van der Waals surface area (Å²) in [7, 11) is 0. The number of halogens is 1. The summed E-state index contributed by atoms with van der Waals surface area (Å²) in [4.78, 5) is 17.4. The highest BCUT2D eigenvalue weighted by molar-refractivity contribution is 9.10. The fourth-order valence-corrected chi connectivity index (χ4v) is 2.53. The number of hydroxylamine groups is 1. The molecule has 1 fully saturated rings. The Kier molecular flexibility index (Phi) is 3.89. The van der Waals surface area contributed by atoms with Crippen molar-refractivity contribution in [3.63, 3.8) is 0 Å². The lowest BCUT2D eigenvalue weighted by Gasteiger charge is -2.08. The van der Waals surface area contributed by atoms with Crippen LogP contribution in [0.4, 0.5) is 0 Å². The van der Waals surface area contributed by atoms with Crippen LogP contribution in [0, 0.1) is 0 Å². The standard InChI is InChI=1S/C15H15BrN2O2/c16-12-8-14(18(9-12)13-6-7-13)15(19)17-20-10-11-4-2-1-3-5-11/h1-5,8-9,13H,6-7,10H2,(H,17,19). The molecule has 2 aromatic rings. The molecule has 5 heteroatoms. The average molecular weight is 335 g/mol. The first-order valence-corrected chi connectivity index (χ1v) is 7.37. The van der Waals surface area contributed by atoms with Crippen LogP contribution in [0.25, 0.3) is 0 Å². The lowest BCUT2D eigenvalue weighted by atomic mass is 10.2. The van der Waals surface area contributed by atoms with E-state index in [0.717, 1.165) is 22.9 Å². The number of carbonyl (C=O) groups excluding carboxylic acids is 1. The summed E-state index contributed by atoms with van der Waals surface area (Å²) in [6.07, 6.45) is 4.21. The molecule has 20 heavy (non-hydrogen) atoms. The minimum absolute atomic E-state index is 0.210. The van der Waals surface area contributed by atoms with E-state index in [1.165, 1.54) is 0 Å². The van der Waals surface area contributed by atoms with Gasteiger partial charge >= 0.3 is 0 Å². The minimum atomic E-state index is -0.210. The van der Waals surface area contributed by atoms with Gasteiger partial charge in [-0.3, -0.25) is 9.63 Å². The van der Waals surface area contributed by atoms with Crippen LogP contribution in [-0.4, -0.2) is 10.5 Å². The second kappa shape index (κ2) is 5.81. The number of hydrogen-bond acceptors (Lipinski definition) is 2. The summed E-state index contributed by atoms with van der Waals surface area (Å²) in [5.74, 6) is -0.210. The predicted octanol–water partition coefficient (Wildman–Crippen LogP) is 3.45. The number of aromatic nitrogens is 1. The van der Waals surface area contributed by atoms with E-state index >= 15 is 0 Å². The predicted molar refractivity (Wildman–Crippen MR) is 79.1 cm³/mol. The zero-order valence-corrected chi connectivity index (χ0v) is 12.5. The van der Waals surface area contributed by atoms with Crippen molar-refractivity contribution in [1.82, 2.24) is 10.0 Å². The fraction of sp³-hybridized carbons (Fsp3) is 0.267. The molecule has 0 spiro atoms. The Bertz CT molecular complexity index is 606. The molecular weight excluding hydrogens is 320 g/mol. The molecule has 1 aliphatic carbocycles. The molecule has 104 valence electrons. The molecule has 1 aliphatic rings. The van der Waals surface area contributed by atoms with Crippen molar-refractivity contribution in [2.45, 2.75) is 25.5 Å². The van der Waals surface area contributed by atoms with Crippen molar-refractivity contribution >= 4 is 21.8 Å². The Labute approximate surface area is 125 Å². The van der Waals surface area contributed by atoms with Gasteiger partial charge in [-0.1, -0.05) is 30.3 Å². The number of hydrogen-bond donors (Lipinski definition) is 1. The normalized spacial score (nSPS) is 14.2. The van der Waals surface area contributed by atoms with Crippen LogP contribution in [-0.2, 0) is 11.4 Å². The quantitative estimate of drug-likeness (QED) is 0.851. The van der Waals surface area contributed by atoms with Crippen molar-refractivity contribution in [3.8, 4) is 0 Å². The first kappa shape index (κ1) is 13.4. The monoisotopic (exact) mass is 334 g/mol. The minimum Gasteiger partial charge on any atom is -0.339 e. The van der Waals surface area contributed by atoms with Crippen LogP contribution in [0.5, 0.6) is 0 Å². The summed E-state index contributed by atoms with van der Waals surface area (Å²) in [5, 5.41) is 0. The molecule has 1 heterocycles. The number of nitrogens with one attached hydrogen (secondary N) is 1. The second-order valence-corrected chi connectivity index (χ2v) is 5.80. The summed E-state index contributed by atoms with van der Waals surface area (Å²) in [6.45, 7) is 0.359. The van der Waals surface area contributed by atoms with Crippen molar-refractivity contribution in [3.05, 3.63) is 58.3 Å². The van der Waals surface area contributed by atoms with Gasteiger partial charge in [0.05, 0.1) is 6.61 Å². The van der Waals surface area contributed by atoms with Crippen LogP contribution in [0.1, 0.15) is 34.9 Å². The summed E-state index contributed by atoms with van der Waals surface area (Å²) in [6, 6.07) is 12.0. The zero-order valence-electron chi connectivity index (χ0n) is 10.9. The third kappa shape index (κ3) is 3.11. The zero-order chi connectivity index (χ0) is 13.9. The third-order valence-electron chi connectivity index (χ3n) is 3.23. The number of amides is 1. The van der Waals surface area contributed by atoms with Gasteiger partial charge in [0.1, 0.15) is 5.69 Å². The highest BCUT2D eigenvalue weighted by atomic mass is 79.9. The maximum atomic E-state index is 12.1. The van der Waals surface area contributed by atoms with Gasteiger partial charge in [0.25, 0.3) is 5.91 Å². The Morgan fingerprint density at radius 3 is 2.80 bits per heavy atom. The van der Waals surface area contributed by atoms with E-state index in [2.05, 4.69) is 21.4 Å². The molecule has 0 unspecified atom stereocenters. The lowest BCUT2D eigenvalue weighted by Crippen LogP contribution is -2.25. The molecule has 1 aromatic heterocycles. The van der Waals surface area contributed by atoms with Crippen LogP contribution in [0.15, 0.2) is 47.1 Å². The van der Waals surface area contributed by atoms with E-state index in [1.807, 2.05) is 47.2 Å². The highest BCUT2D eigenvalue weighted by Crippen LogP contribution is 2.37. The number of nitrogens with zero attached hydrogens (tertiary/aromatic N) is 1. The van der Waals surface area contributed by atoms with Crippen molar-refractivity contribution < 1.29 is 9.63 Å². The van der Waals surface area contributed by atoms with E-state index in [0.29, 0.717) is 18.3 Å². The Morgan fingerprint density at radius 1 is 1.35 bits per heavy atom. The van der Waals surface area contributed by atoms with E-state index in [9.17, 15) is 4.79 Å². The molecule has 0 radical (unpaired) electrons. The van der Waals surface area contributed by atoms with Crippen molar-refractivity contribution in [2.75, 3.05) is 0 Å². The van der Waals surface area contributed by atoms with Crippen LogP contribution >= 0.6 is 15.9 Å². The van der Waals surface area contributed by atoms with Crippen LogP contribution < -0.4 is 5.48 Å². The number of rotatable bonds is 5. The molecule has 1 amide bonds. The van der Waals surface area contributed by atoms with E-state index in [4.69, 9.17) is 4.84 Å². The largest absolute Gasteiger partial charge is 0.339 e. The van der Waals surface area contributed by atoms with Crippen LogP contribution in [0.2, 0.25) is 0 Å². The highest BCUT2D eigenvalue weighted by Gasteiger charge is 2.27. The average Bonchev–Trinajstić information content (AvgIpc) is 3.22. The van der Waals surface area contributed by atoms with Gasteiger partial charge in [-0.25, -0.2) is 5.48 Å². The van der Waals surface area contributed by atoms with Gasteiger partial charge in [0.2, 0.25) is 0 Å². The van der Waals surface area contributed by atoms with Gasteiger partial charge in [-0.05, 0) is 40.4 Å². The number of carbonyl (C=O) groups is 1. The van der Waals surface area contributed by atoms with Gasteiger partial charge in [-0.2, -0.15) is 0 Å². The molecular formula is C15H15BrN2O2. The first-order chi connectivity index (χ1) is 9.74. The van der Waals surface area contributed by atoms with Gasteiger partial charge in [-0.15, -0.1) is 0 Å². The fourth-order valence-electron chi connectivity index (χ4n) is 2.09. The maximum absolute atomic E-state index is 12.1. The molecule has 3 rings (SSSR count). The molecule has 0 aliphatic heterocycles. The van der Waals surface area contributed by atoms with E-state index in [-0.39, 0.29) is 5.91 Å². The molecule has 0 atom stereocenters. The Balaban J connectivity index is 1.59. The molecule has 1 saturated carbocycles. The summed E-state index contributed by atoms with van der Waals surface area (Å²) >= 11 is 3.41. The topological polar surface area (TPSA) is 43.3 Å². The molecule has 1 aromatic carbocycles. The van der Waals surface area contributed by atoms with E-state index in [1.54, 1.807) is 0 Å². The van der Waals surface area contributed by atoms with Gasteiger partial charge in [0, 0.05) is 16.7 Å². The molecule has 4 nitrogen and oxygen atoms in total. The van der Waals surface area contributed by atoms with Gasteiger partial charge in [0.15, 0.2) is 0 Å². The van der Waals surface area contributed by atoms with E-state index < -0.39 is 0 Å². The lowest BCUT2D eigenvalue weighted by molar-refractivity contribution is 0.0226. The SMILES string of the molecule is O=C(NOCc1ccccc1)c1cc(Br)cn1C1CC1. The second-order valence-electron chi connectivity index (χ2n) is 4.89. The summed E-state index contributed by atoms with van der Waals surface area (Å²) in [5.41, 5.74) is 4.16. The Morgan fingerprint density at radius 2 is 2.10 bits per heavy atom.